The Morgan fingerprint density at radius 3 is 2.63 bits per heavy atom. The van der Waals surface area contributed by atoms with E-state index in [4.69, 9.17) is 4.74 Å². The number of carbonyl (C=O) groups is 1. The molecule has 1 aromatic carbocycles. The number of carbonyl (C=O) groups excluding carboxylic acids is 1. The van der Waals surface area contributed by atoms with Crippen molar-refractivity contribution < 1.29 is 17.9 Å². The standard InChI is InChI=1S/C12H16N2O4S/c1-9(15)10-4-5-12-11(8-10)14(6-7-18-12)19(16,17)13(2)3/h4-5,8H,6-7H2,1-3H3. The minimum Gasteiger partial charge on any atom is -0.489 e. The topological polar surface area (TPSA) is 66.9 Å². The van der Waals surface area contributed by atoms with Crippen LogP contribution in [-0.2, 0) is 10.2 Å². The van der Waals surface area contributed by atoms with Crippen molar-refractivity contribution in [2.75, 3.05) is 31.6 Å². The van der Waals surface area contributed by atoms with Crippen LogP contribution in [0.25, 0.3) is 0 Å². The zero-order chi connectivity index (χ0) is 14.2. The van der Waals surface area contributed by atoms with Crippen molar-refractivity contribution in [2.45, 2.75) is 6.92 Å². The zero-order valence-corrected chi connectivity index (χ0v) is 11.9. The number of ether oxygens (including phenoxy) is 1. The number of ketones is 1. The van der Waals surface area contributed by atoms with Gasteiger partial charge in [0.2, 0.25) is 0 Å². The van der Waals surface area contributed by atoms with Gasteiger partial charge in [-0.05, 0) is 25.1 Å². The Balaban J connectivity index is 2.54. The van der Waals surface area contributed by atoms with Crippen LogP contribution in [0.5, 0.6) is 5.75 Å². The quantitative estimate of drug-likeness (QED) is 0.773. The van der Waals surface area contributed by atoms with Crippen molar-refractivity contribution in [3.63, 3.8) is 0 Å². The Morgan fingerprint density at radius 1 is 1.37 bits per heavy atom. The number of hydrogen-bond donors (Lipinski definition) is 0. The van der Waals surface area contributed by atoms with Crippen LogP contribution in [0.15, 0.2) is 18.2 Å². The molecule has 0 spiro atoms. The fourth-order valence-electron chi connectivity index (χ4n) is 1.85. The van der Waals surface area contributed by atoms with Gasteiger partial charge in [-0.15, -0.1) is 0 Å². The first-order valence-corrected chi connectivity index (χ1v) is 7.21. The number of benzene rings is 1. The molecule has 0 saturated heterocycles. The molecular weight excluding hydrogens is 268 g/mol. The van der Waals surface area contributed by atoms with E-state index in [-0.39, 0.29) is 12.3 Å². The monoisotopic (exact) mass is 284 g/mol. The third-order valence-electron chi connectivity index (χ3n) is 2.93. The van der Waals surface area contributed by atoms with Gasteiger partial charge in [0.05, 0.1) is 12.2 Å². The fourth-order valence-corrected chi connectivity index (χ4v) is 2.94. The highest BCUT2D eigenvalue weighted by Crippen LogP contribution is 2.34. The van der Waals surface area contributed by atoms with E-state index in [0.717, 1.165) is 4.31 Å². The summed E-state index contributed by atoms with van der Waals surface area (Å²) in [6.07, 6.45) is 0. The maximum Gasteiger partial charge on any atom is 0.303 e. The van der Waals surface area contributed by atoms with E-state index < -0.39 is 10.2 Å². The fraction of sp³-hybridized carbons (Fsp3) is 0.417. The molecule has 19 heavy (non-hydrogen) atoms. The molecule has 0 aromatic heterocycles. The number of Topliss-reactive ketones (excluding diaryl/α,β-unsaturated/α-hetero) is 1. The molecule has 0 fully saturated rings. The van der Waals surface area contributed by atoms with Gasteiger partial charge in [0, 0.05) is 19.7 Å². The lowest BCUT2D eigenvalue weighted by molar-refractivity contribution is 0.101. The molecule has 1 aliphatic heterocycles. The van der Waals surface area contributed by atoms with Gasteiger partial charge in [-0.2, -0.15) is 12.7 Å². The van der Waals surface area contributed by atoms with Gasteiger partial charge in [0.15, 0.2) is 5.78 Å². The first kappa shape index (κ1) is 13.8. The molecular formula is C12H16N2O4S. The number of fused-ring (bicyclic) bond motifs is 1. The minimum absolute atomic E-state index is 0.115. The summed E-state index contributed by atoms with van der Waals surface area (Å²) >= 11 is 0. The van der Waals surface area contributed by atoms with E-state index in [0.29, 0.717) is 23.6 Å². The van der Waals surface area contributed by atoms with Crippen LogP contribution in [0, 0.1) is 0 Å². The second-order valence-electron chi connectivity index (χ2n) is 4.45. The number of anilines is 1. The summed E-state index contributed by atoms with van der Waals surface area (Å²) in [7, 11) is -0.637. The maximum atomic E-state index is 12.2. The Kier molecular flexibility index (Phi) is 3.51. The van der Waals surface area contributed by atoms with E-state index in [1.807, 2.05) is 0 Å². The lowest BCUT2D eigenvalue weighted by atomic mass is 10.1. The second kappa shape index (κ2) is 4.82. The Morgan fingerprint density at radius 2 is 2.05 bits per heavy atom. The molecule has 104 valence electrons. The summed E-state index contributed by atoms with van der Waals surface area (Å²) in [5.74, 6) is 0.359. The van der Waals surface area contributed by atoms with Crippen LogP contribution in [-0.4, -0.2) is 45.8 Å². The molecule has 0 radical (unpaired) electrons. The summed E-state index contributed by atoms with van der Waals surface area (Å²) < 4.78 is 32.3. The molecule has 7 heteroatoms. The Labute approximate surface area is 112 Å². The lowest BCUT2D eigenvalue weighted by Crippen LogP contribution is -2.44. The van der Waals surface area contributed by atoms with Crippen LogP contribution in [0.1, 0.15) is 17.3 Å². The van der Waals surface area contributed by atoms with E-state index in [9.17, 15) is 13.2 Å². The first-order valence-electron chi connectivity index (χ1n) is 5.82. The smallest absolute Gasteiger partial charge is 0.303 e. The van der Waals surface area contributed by atoms with Crippen LogP contribution in [0.4, 0.5) is 5.69 Å². The number of nitrogens with zero attached hydrogens (tertiary/aromatic N) is 2. The molecule has 6 nitrogen and oxygen atoms in total. The summed E-state index contributed by atoms with van der Waals surface area (Å²) in [6.45, 7) is 1.96. The highest BCUT2D eigenvalue weighted by molar-refractivity contribution is 7.90. The van der Waals surface area contributed by atoms with Gasteiger partial charge in [0.25, 0.3) is 0 Å². The van der Waals surface area contributed by atoms with Crippen LogP contribution in [0.2, 0.25) is 0 Å². The molecule has 0 aliphatic carbocycles. The van der Waals surface area contributed by atoms with Gasteiger partial charge >= 0.3 is 10.2 Å². The molecule has 1 aromatic rings. The normalized spacial score (nSPS) is 15.1. The van der Waals surface area contributed by atoms with Crippen molar-refractivity contribution >= 4 is 21.7 Å². The van der Waals surface area contributed by atoms with E-state index in [1.54, 1.807) is 18.2 Å². The predicted octanol–water partition coefficient (Wildman–Crippen LogP) is 0.894. The highest BCUT2D eigenvalue weighted by atomic mass is 32.2. The van der Waals surface area contributed by atoms with E-state index in [1.165, 1.54) is 25.3 Å². The zero-order valence-electron chi connectivity index (χ0n) is 11.1. The average molecular weight is 284 g/mol. The maximum absolute atomic E-state index is 12.2. The lowest BCUT2D eigenvalue weighted by Gasteiger charge is -2.32. The number of rotatable bonds is 3. The second-order valence-corrected chi connectivity index (χ2v) is 6.52. The molecule has 1 aliphatic rings. The molecule has 0 bridgehead atoms. The van der Waals surface area contributed by atoms with E-state index >= 15 is 0 Å². The third-order valence-corrected chi connectivity index (χ3v) is 4.79. The van der Waals surface area contributed by atoms with Gasteiger partial charge in [0.1, 0.15) is 12.4 Å². The Bertz CT molecular complexity index is 610. The third kappa shape index (κ3) is 2.43. The van der Waals surface area contributed by atoms with Crippen LogP contribution < -0.4 is 9.04 Å². The highest BCUT2D eigenvalue weighted by Gasteiger charge is 2.30. The predicted molar refractivity (Wildman–Crippen MR) is 71.9 cm³/mol. The summed E-state index contributed by atoms with van der Waals surface area (Å²) in [4.78, 5) is 11.4. The SMILES string of the molecule is CC(=O)c1ccc2c(c1)N(S(=O)(=O)N(C)C)CCO2. The molecule has 0 atom stereocenters. The largest absolute Gasteiger partial charge is 0.489 e. The van der Waals surface area contributed by atoms with E-state index in [2.05, 4.69) is 0 Å². The van der Waals surface area contributed by atoms with Gasteiger partial charge in [-0.1, -0.05) is 0 Å². The summed E-state index contributed by atoms with van der Waals surface area (Å²) in [5.41, 5.74) is 0.871. The van der Waals surface area contributed by atoms with Crippen LogP contribution in [0.3, 0.4) is 0 Å². The number of hydrogen-bond acceptors (Lipinski definition) is 4. The molecule has 0 N–H and O–H groups in total. The molecule has 0 amide bonds. The van der Waals surface area contributed by atoms with Gasteiger partial charge in [-0.25, -0.2) is 0 Å². The molecule has 2 rings (SSSR count). The van der Waals surface area contributed by atoms with Crippen molar-refractivity contribution in [3.05, 3.63) is 23.8 Å². The molecule has 0 saturated carbocycles. The van der Waals surface area contributed by atoms with Crippen LogP contribution >= 0.6 is 0 Å². The summed E-state index contributed by atoms with van der Waals surface area (Å²) in [5, 5.41) is 0. The van der Waals surface area contributed by atoms with Crippen molar-refractivity contribution in [3.8, 4) is 5.75 Å². The Hall–Kier alpha value is -1.60. The summed E-state index contributed by atoms with van der Waals surface area (Å²) in [6, 6.07) is 4.81. The van der Waals surface area contributed by atoms with Gasteiger partial charge in [-0.3, -0.25) is 9.10 Å². The average Bonchev–Trinajstić information content (AvgIpc) is 2.36. The van der Waals surface area contributed by atoms with Crippen molar-refractivity contribution in [1.29, 1.82) is 0 Å². The first-order chi connectivity index (χ1) is 8.84. The minimum atomic E-state index is -3.58. The molecule has 1 heterocycles. The molecule has 0 unspecified atom stereocenters. The van der Waals surface area contributed by atoms with Crippen molar-refractivity contribution in [2.24, 2.45) is 0 Å². The van der Waals surface area contributed by atoms with Gasteiger partial charge < -0.3 is 4.74 Å². The van der Waals surface area contributed by atoms with Crippen molar-refractivity contribution in [1.82, 2.24) is 4.31 Å².